The van der Waals surface area contributed by atoms with Crippen LogP contribution in [0.1, 0.15) is 83.5 Å². The van der Waals surface area contributed by atoms with Gasteiger partial charge in [0.15, 0.2) is 0 Å². The van der Waals surface area contributed by atoms with Crippen molar-refractivity contribution in [2.24, 2.45) is 11.3 Å². The van der Waals surface area contributed by atoms with Crippen LogP contribution in [0.15, 0.2) is 18.6 Å². The van der Waals surface area contributed by atoms with E-state index in [1.54, 1.807) is 18.6 Å². The zero-order valence-electron chi connectivity index (χ0n) is 21.9. The van der Waals surface area contributed by atoms with E-state index in [1.807, 2.05) is 13.8 Å². The Kier molecular flexibility index (Phi) is 8.72. The molecule has 2 aliphatic rings. The smallest absolute Gasteiger partial charge is 0.316 e. The lowest BCUT2D eigenvalue weighted by Gasteiger charge is -2.30. The number of ketones is 1. The number of ether oxygens (including phenoxy) is 1. The van der Waals surface area contributed by atoms with Crippen molar-refractivity contribution >= 4 is 11.7 Å². The van der Waals surface area contributed by atoms with Gasteiger partial charge in [0.1, 0.15) is 11.6 Å². The Morgan fingerprint density at radius 3 is 2.58 bits per heavy atom. The van der Waals surface area contributed by atoms with Crippen LogP contribution in [0.3, 0.4) is 0 Å². The highest BCUT2D eigenvalue weighted by Gasteiger charge is 2.58. The predicted octanol–water partition coefficient (Wildman–Crippen LogP) is 4.08. The molecule has 1 amide bonds. The molecule has 9 heteroatoms. The fraction of sp³-hybridized carbons (Fsp3) is 0.667. The number of aromatic nitrogens is 4. The van der Waals surface area contributed by atoms with Crippen molar-refractivity contribution in [2.45, 2.75) is 77.7 Å². The maximum atomic E-state index is 13.3. The van der Waals surface area contributed by atoms with Gasteiger partial charge in [-0.25, -0.2) is 15.0 Å². The number of H-pyrrole nitrogens is 1. The second kappa shape index (κ2) is 12.0. The average Bonchev–Trinajstić information content (AvgIpc) is 3.36. The molecule has 196 valence electrons. The average molecular weight is 497 g/mol. The number of hydrogen-bond acceptors (Lipinski definition) is 7. The first-order valence-corrected chi connectivity index (χ1v) is 13.4. The third-order valence-corrected chi connectivity index (χ3v) is 7.79. The zero-order valence-corrected chi connectivity index (χ0v) is 21.9. The maximum Gasteiger partial charge on any atom is 0.316 e. The van der Waals surface area contributed by atoms with Crippen molar-refractivity contribution in [3.63, 3.8) is 0 Å². The molecule has 2 aromatic heterocycles. The summed E-state index contributed by atoms with van der Waals surface area (Å²) in [7, 11) is 2.15. The van der Waals surface area contributed by atoms with Crippen LogP contribution in [-0.2, 0) is 9.59 Å². The first-order chi connectivity index (χ1) is 17.4. The number of carbonyl (C=O) groups is 2. The van der Waals surface area contributed by atoms with E-state index in [-0.39, 0.29) is 23.3 Å². The third kappa shape index (κ3) is 6.49. The van der Waals surface area contributed by atoms with Crippen molar-refractivity contribution in [2.75, 3.05) is 26.7 Å². The Hall–Kier alpha value is -2.81. The molecule has 4 rings (SSSR count). The molecule has 1 aliphatic heterocycles. The molecule has 0 bridgehead atoms. The fourth-order valence-corrected chi connectivity index (χ4v) is 5.23. The summed E-state index contributed by atoms with van der Waals surface area (Å²) in [5.74, 6) is 1.30. The molecule has 0 aromatic carbocycles. The van der Waals surface area contributed by atoms with E-state index in [0.717, 1.165) is 75.1 Å². The molecule has 2 N–H and O–H groups in total. The van der Waals surface area contributed by atoms with Gasteiger partial charge in [0.05, 0.1) is 24.5 Å². The van der Waals surface area contributed by atoms with Gasteiger partial charge in [-0.2, -0.15) is 0 Å². The molecule has 3 heterocycles. The molecule has 0 radical (unpaired) electrons. The van der Waals surface area contributed by atoms with E-state index in [4.69, 9.17) is 4.74 Å². The molecule has 0 unspecified atom stereocenters. The Morgan fingerprint density at radius 2 is 1.89 bits per heavy atom. The molecule has 2 aromatic rings. The van der Waals surface area contributed by atoms with Gasteiger partial charge < -0.3 is 19.9 Å². The first kappa shape index (κ1) is 26.3. The molecular formula is C27H40N6O3. The number of imidazole rings is 1. The molecule has 1 spiro atoms. The Morgan fingerprint density at radius 1 is 1.14 bits per heavy atom. The number of piperidine rings is 1. The minimum atomic E-state index is -0.194. The summed E-state index contributed by atoms with van der Waals surface area (Å²) in [6.45, 7) is 6.45. The van der Waals surface area contributed by atoms with Crippen LogP contribution in [0.5, 0.6) is 6.01 Å². The van der Waals surface area contributed by atoms with Crippen LogP contribution < -0.4 is 10.1 Å². The summed E-state index contributed by atoms with van der Waals surface area (Å²) in [5, 5.41) is 3.32. The number of nitrogens with zero attached hydrogens (tertiary/aromatic N) is 4. The highest BCUT2D eigenvalue weighted by molar-refractivity contribution is 5.83. The second-order valence-electron chi connectivity index (χ2n) is 10.3. The van der Waals surface area contributed by atoms with Crippen molar-refractivity contribution in [1.82, 2.24) is 30.2 Å². The van der Waals surface area contributed by atoms with Crippen LogP contribution in [0.2, 0.25) is 0 Å². The monoisotopic (exact) mass is 496 g/mol. The van der Waals surface area contributed by atoms with Crippen molar-refractivity contribution < 1.29 is 14.3 Å². The van der Waals surface area contributed by atoms with Crippen LogP contribution in [0, 0.1) is 11.3 Å². The number of nitrogens with one attached hydrogen (secondary N) is 2. The minimum Gasteiger partial charge on any atom is -0.464 e. The number of carbonyl (C=O) groups excluding carboxylic acids is 2. The number of likely N-dealkylation sites (tertiary alicyclic amines) is 1. The van der Waals surface area contributed by atoms with Gasteiger partial charge in [-0.05, 0) is 64.6 Å². The summed E-state index contributed by atoms with van der Waals surface area (Å²) in [6.07, 6.45) is 13.2. The van der Waals surface area contributed by atoms with E-state index < -0.39 is 0 Å². The van der Waals surface area contributed by atoms with Crippen molar-refractivity contribution in [3.05, 3.63) is 24.4 Å². The standard InChI is InChI=1S/C27H40N6O3/c1-4-20(34)9-7-6-8-10-22(32-25(35)21-15-27(21)11-13-33(3)14-12-27)24-28-18-23(31-24)19-16-29-26(30-17-19)36-5-2/h16-18,21-22H,4-15H2,1-3H3,(H,28,31)(H,32,35)/t21-,22+/m1/s1. The number of aromatic amines is 1. The molecule has 36 heavy (non-hydrogen) atoms. The lowest BCUT2D eigenvalue weighted by molar-refractivity contribution is -0.124. The quantitative estimate of drug-likeness (QED) is 0.402. The van der Waals surface area contributed by atoms with Gasteiger partial charge in [-0.15, -0.1) is 0 Å². The summed E-state index contributed by atoms with van der Waals surface area (Å²) < 4.78 is 5.33. The van der Waals surface area contributed by atoms with Crippen molar-refractivity contribution in [1.29, 1.82) is 0 Å². The lowest BCUT2D eigenvalue weighted by atomic mass is 9.91. The van der Waals surface area contributed by atoms with Crippen LogP contribution in [-0.4, -0.2) is 63.3 Å². The van der Waals surface area contributed by atoms with E-state index >= 15 is 0 Å². The van der Waals surface area contributed by atoms with E-state index in [0.29, 0.717) is 31.2 Å². The maximum absolute atomic E-state index is 13.3. The van der Waals surface area contributed by atoms with E-state index in [1.165, 1.54) is 0 Å². The Balaban J connectivity index is 1.40. The van der Waals surface area contributed by atoms with Gasteiger partial charge in [0.25, 0.3) is 0 Å². The first-order valence-electron chi connectivity index (χ1n) is 13.4. The molecular weight excluding hydrogens is 456 g/mol. The third-order valence-electron chi connectivity index (χ3n) is 7.79. The van der Waals surface area contributed by atoms with Gasteiger partial charge in [-0.3, -0.25) is 9.59 Å². The minimum absolute atomic E-state index is 0.102. The molecule has 1 saturated carbocycles. The van der Waals surface area contributed by atoms with Crippen molar-refractivity contribution in [3.8, 4) is 17.3 Å². The summed E-state index contributed by atoms with van der Waals surface area (Å²) >= 11 is 0. The van der Waals surface area contributed by atoms with Gasteiger partial charge in [0, 0.05) is 36.7 Å². The van der Waals surface area contributed by atoms with Gasteiger partial charge in [0.2, 0.25) is 5.91 Å². The number of Topliss-reactive ketones (excluding diaryl/α,β-unsaturated/α-hetero) is 1. The summed E-state index contributed by atoms with van der Waals surface area (Å²) in [4.78, 5) is 43.8. The van der Waals surface area contributed by atoms with Gasteiger partial charge >= 0.3 is 6.01 Å². The SMILES string of the molecule is CCOc1ncc(-c2cnc([C@H](CCCCCC(=O)CC)NC(=O)[C@H]3CC34CCN(C)CC4)[nH]2)cn1. The van der Waals surface area contributed by atoms with Crippen LogP contribution in [0.25, 0.3) is 11.3 Å². The Labute approximate surface area is 213 Å². The predicted molar refractivity (Wildman–Crippen MR) is 137 cm³/mol. The number of unbranched alkanes of at least 4 members (excludes halogenated alkanes) is 2. The van der Waals surface area contributed by atoms with Crippen LogP contribution >= 0.6 is 0 Å². The number of amides is 1. The number of rotatable bonds is 13. The highest BCUT2D eigenvalue weighted by Crippen LogP contribution is 2.59. The van der Waals surface area contributed by atoms with Gasteiger partial charge in [-0.1, -0.05) is 19.8 Å². The molecule has 1 aliphatic carbocycles. The largest absolute Gasteiger partial charge is 0.464 e. The molecule has 1 saturated heterocycles. The topological polar surface area (TPSA) is 113 Å². The molecule has 9 nitrogen and oxygen atoms in total. The lowest BCUT2D eigenvalue weighted by Crippen LogP contribution is -2.36. The van der Waals surface area contributed by atoms with Crippen LogP contribution in [0.4, 0.5) is 0 Å². The normalized spacial score (nSPS) is 19.7. The summed E-state index contributed by atoms with van der Waals surface area (Å²) in [6, 6.07) is 0.153. The summed E-state index contributed by atoms with van der Waals surface area (Å²) in [5.41, 5.74) is 1.81. The molecule has 2 fully saturated rings. The van der Waals surface area contributed by atoms with E-state index in [9.17, 15) is 9.59 Å². The Bertz CT molecular complexity index is 1010. The zero-order chi connectivity index (χ0) is 25.5. The van der Waals surface area contributed by atoms with E-state index in [2.05, 4.69) is 37.2 Å². The second-order valence-corrected chi connectivity index (χ2v) is 10.3. The molecule has 2 atom stereocenters. The number of hydrogen-bond donors (Lipinski definition) is 2. The highest BCUT2D eigenvalue weighted by atomic mass is 16.5. The fourth-order valence-electron chi connectivity index (χ4n) is 5.23.